The number of nitrogens with zero attached hydrogens (tertiary/aromatic N) is 1. The zero-order chi connectivity index (χ0) is 13.0. The molecule has 0 aliphatic carbocycles. The number of aryl methyl sites for hydroxylation is 1. The van der Waals surface area contributed by atoms with E-state index in [9.17, 15) is 9.59 Å². The Hall–Kier alpha value is -1.56. The fraction of sp³-hybridized carbons (Fsp3) is 0.364. The van der Waals surface area contributed by atoms with Crippen LogP contribution in [0.4, 0.5) is 0 Å². The molecule has 0 amide bonds. The minimum Gasteiger partial charge on any atom is -0.478 e. The van der Waals surface area contributed by atoms with Gasteiger partial charge in [-0.1, -0.05) is 5.57 Å². The van der Waals surface area contributed by atoms with Crippen LogP contribution >= 0.6 is 11.8 Å². The van der Waals surface area contributed by atoms with E-state index >= 15 is 0 Å². The predicted octanol–water partition coefficient (Wildman–Crippen LogP) is 1.83. The summed E-state index contributed by atoms with van der Waals surface area (Å²) in [6, 6.07) is 0. The lowest BCUT2D eigenvalue weighted by Gasteiger charge is -2.06. The SMILES string of the molecule is C=C(C)CCSc1nc(=O)[nH]c(C)c1C(=O)O. The third-order valence-corrected chi connectivity index (χ3v) is 3.04. The number of carboxylic acids is 1. The summed E-state index contributed by atoms with van der Waals surface area (Å²) in [6.45, 7) is 7.21. The number of aromatic carboxylic acids is 1. The van der Waals surface area contributed by atoms with Gasteiger partial charge in [-0.05, 0) is 20.3 Å². The average Bonchev–Trinajstić information content (AvgIpc) is 2.14. The highest BCUT2D eigenvalue weighted by atomic mass is 32.2. The van der Waals surface area contributed by atoms with Gasteiger partial charge in [-0.15, -0.1) is 18.3 Å². The Morgan fingerprint density at radius 2 is 2.24 bits per heavy atom. The largest absolute Gasteiger partial charge is 0.478 e. The number of allylic oxidation sites excluding steroid dienone is 1. The van der Waals surface area contributed by atoms with Gasteiger partial charge in [0, 0.05) is 11.4 Å². The number of rotatable bonds is 5. The maximum absolute atomic E-state index is 11.2. The Kier molecular flexibility index (Phi) is 4.51. The van der Waals surface area contributed by atoms with Crippen molar-refractivity contribution < 1.29 is 9.90 Å². The van der Waals surface area contributed by atoms with E-state index in [1.165, 1.54) is 11.8 Å². The summed E-state index contributed by atoms with van der Waals surface area (Å²) >= 11 is 1.26. The number of carbonyl (C=O) groups is 1. The Balaban J connectivity index is 3.00. The number of hydrogen-bond acceptors (Lipinski definition) is 4. The summed E-state index contributed by atoms with van der Waals surface area (Å²) in [5.74, 6) is -0.421. The molecule has 1 aromatic heterocycles. The summed E-state index contributed by atoms with van der Waals surface area (Å²) in [5.41, 5.74) is 0.882. The first-order valence-electron chi connectivity index (χ1n) is 5.03. The summed E-state index contributed by atoms with van der Waals surface area (Å²) in [6.07, 6.45) is 0.761. The summed E-state index contributed by atoms with van der Waals surface area (Å²) in [4.78, 5) is 28.3. The second kappa shape index (κ2) is 5.67. The molecule has 2 N–H and O–H groups in total. The van der Waals surface area contributed by atoms with Gasteiger partial charge >= 0.3 is 11.7 Å². The molecule has 0 aromatic carbocycles. The van der Waals surface area contributed by atoms with Crippen LogP contribution in [0.3, 0.4) is 0 Å². The molecular formula is C11H14N2O3S. The Morgan fingerprint density at radius 1 is 1.59 bits per heavy atom. The number of hydrogen-bond donors (Lipinski definition) is 2. The van der Waals surface area contributed by atoms with Crippen molar-refractivity contribution in [3.8, 4) is 0 Å². The molecule has 0 radical (unpaired) electrons. The molecule has 0 aliphatic rings. The van der Waals surface area contributed by atoms with E-state index in [1.807, 2.05) is 6.92 Å². The molecule has 5 nitrogen and oxygen atoms in total. The summed E-state index contributed by atoms with van der Waals surface area (Å²) in [7, 11) is 0. The minimum atomic E-state index is -1.08. The molecule has 0 unspecified atom stereocenters. The Labute approximate surface area is 103 Å². The number of aromatic nitrogens is 2. The number of H-pyrrole nitrogens is 1. The van der Waals surface area contributed by atoms with Gasteiger partial charge < -0.3 is 10.1 Å². The van der Waals surface area contributed by atoms with Crippen molar-refractivity contribution in [3.05, 3.63) is 33.9 Å². The molecule has 0 spiro atoms. The topological polar surface area (TPSA) is 83.0 Å². The first-order chi connectivity index (χ1) is 7.91. The number of carboxylic acid groups (broad SMARTS) is 1. The number of thioether (sulfide) groups is 1. The van der Waals surface area contributed by atoms with Crippen molar-refractivity contribution in [2.24, 2.45) is 0 Å². The molecule has 92 valence electrons. The van der Waals surface area contributed by atoms with E-state index < -0.39 is 11.7 Å². The van der Waals surface area contributed by atoms with Crippen LogP contribution in [-0.2, 0) is 0 Å². The molecule has 0 atom stereocenters. The average molecular weight is 254 g/mol. The lowest BCUT2D eigenvalue weighted by atomic mass is 10.2. The van der Waals surface area contributed by atoms with Crippen molar-refractivity contribution >= 4 is 17.7 Å². The van der Waals surface area contributed by atoms with Crippen LogP contribution in [0.15, 0.2) is 22.0 Å². The van der Waals surface area contributed by atoms with Crippen LogP contribution < -0.4 is 5.69 Å². The number of nitrogens with one attached hydrogen (secondary N) is 1. The third-order valence-electron chi connectivity index (χ3n) is 2.07. The van der Waals surface area contributed by atoms with Crippen molar-refractivity contribution in [2.75, 3.05) is 5.75 Å². The van der Waals surface area contributed by atoms with E-state index in [-0.39, 0.29) is 10.6 Å². The quantitative estimate of drug-likeness (QED) is 0.476. The highest BCUT2D eigenvalue weighted by Crippen LogP contribution is 2.22. The fourth-order valence-corrected chi connectivity index (χ4v) is 2.41. The summed E-state index contributed by atoms with van der Waals surface area (Å²) in [5, 5.41) is 9.32. The van der Waals surface area contributed by atoms with Crippen LogP contribution in [0.5, 0.6) is 0 Å². The van der Waals surface area contributed by atoms with Gasteiger partial charge in [0.2, 0.25) is 0 Å². The second-order valence-corrected chi connectivity index (χ2v) is 4.79. The van der Waals surface area contributed by atoms with Crippen LogP contribution in [0.2, 0.25) is 0 Å². The Bertz CT molecular complexity index is 508. The lowest BCUT2D eigenvalue weighted by molar-refractivity contribution is 0.0690. The number of aromatic amines is 1. The zero-order valence-electron chi connectivity index (χ0n) is 9.74. The third kappa shape index (κ3) is 3.74. The van der Waals surface area contributed by atoms with E-state index in [0.29, 0.717) is 11.4 Å². The second-order valence-electron chi connectivity index (χ2n) is 3.71. The van der Waals surface area contributed by atoms with Crippen molar-refractivity contribution in [3.63, 3.8) is 0 Å². The van der Waals surface area contributed by atoms with Gasteiger partial charge in [0.25, 0.3) is 0 Å². The maximum Gasteiger partial charge on any atom is 0.346 e. The fourth-order valence-electron chi connectivity index (χ4n) is 1.24. The van der Waals surface area contributed by atoms with Gasteiger partial charge in [0.05, 0.1) is 0 Å². The van der Waals surface area contributed by atoms with E-state index in [1.54, 1.807) is 6.92 Å². The van der Waals surface area contributed by atoms with Crippen LogP contribution in [0.25, 0.3) is 0 Å². The van der Waals surface area contributed by atoms with Crippen LogP contribution in [0, 0.1) is 6.92 Å². The van der Waals surface area contributed by atoms with E-state index in [0.717, 1.165) is 12.0 Å². The molecule has 17 heavy (non-hydrogen) atoms. The maximum atomic E-state index is 11.2. The van der Waals surface area contributed by atoms with Gasteiger partial charge in [-0.25, -0.2) is 9.59 Å². The molecule has 6 heteroatoms. The van der Waals surface area contributed by atoms with Gasteiger partial charge in [0.15, 0.2) is 0 Å². The molecule has 1 aromatic rings. The normalized spacial score (nSPS) is 10.2. The summed E-state index contributed by atoms with van der Waals surface area (Å²) < 4.78 is 0. The van der Waals surface area contributed by atoms with E-state index in [4.69, 9.17) is 5.11 Å². The molecule has 0 aliphatic heterocycles. The van der Waals surface area contributed by atoms with Crippen molar-refractivity contribution in [1.82, 2.24) is 9.97 Å². The van der Waals surface area contributed by atoms with Crippen molar-refractivity contribution in [2.45, 2.75) is 25.3 Å². The van der Waals surface area contributed by atoms with Crippen LogP contribution in [0.1, 0.15) is 29.4 Å². The molecular weight excluding hydrogens is 240 g/mol. The highest BCUT2D eigenvalue weighted by molar-refractivity contribution is 7.99. The highest BCUT2D eigenvalue weighted by Gasteiger charge is 2.16. The predicted molar refractivity (Wildman–Crippen MR) is 66.7 cm³/mol. The molecule has 0 bridgehead atoms. The monoisotopic (exact) mass is 254 g/mol. The minimum absolute atomic E-state index is 0.0660. The molecule has 0 saturated carbocycles. The smallest absolute Gasteiger partial charge is 0.346 e. The standard InChI is InChI=1S/C11H14N2O3S/c1-6(2)4-5-17-9-8(10(14)15)7(3)12-11(16)13-9/h1,4-5H2,2-3H3,(H,14,15)(H,12,13,16). The van der Waals surface area contributed by atoms with Crippen LogP contribution in [-0.4, -0.2) is 26.8 Å². The van der Waals surface area contributed by atoms with Gasteiger partial charge in [0.1, 0.15) is 10.6 Å². The first-order valence-corrected chi connectivity index (χ1v) is 6.01. The van der Waals surface area contributed by atoms with Gasteiger partial charge in [-0.3, -0.25) is 0 Å². The first kappa shape index (κ1) is 13.5. The molecule has 1 heterocycles. The molecule has 0 saturated heterocycles. The van der Waals surface area contributed by atoms with E-state index in [2.05, 4.69) is 16.5 Å². The lowest BCUT2D eigenvalue weighted by Crippen LogP contribution is -2.18. The van der Waals surface area contributed by atoms with Gasteiger partial charge in [-0.2, -0.15) is 4.98 Å². The zero-order valence-corrected chi connectivity index (χ0v) is 10.6. The Morgan fingerprint density at radius 3 is 2.76 bits per heavy atom. The molecule has 1 rings (SSSR count). The van der Waals surface area contributed by atoms with Crippen molar-refractivity contribution in [1.29, 1.82) is 0 Å². The molecule has 0 fully saturated rings.